The third kappa shape index (κ3) is 5.07. The Morgan fingerprint density at radius 3 is 2.06 bits per heavy atom. The van der Waals surface area contributed by atoms with E-state index in [0.29, 0.717) is 33.4 Å². The standard InChI is InChI=1S/C26H23Cl2F3N2O2/c1-3-15-25(2)23(17-5-4-6-22(16-17)35-26(29,30)31)32(20-11-7-18(27)8-12-20)24(34)33(25)21-13-9-19(28)10-14-21/h4-14,16,23H,3,15H2,1-2H3/t23-,25-/m0/s1. The Kier molecular flexibility index (Phi) is 6.93. The number of hydrogen-bond acceptors (Lipinski definition) is 2. The molecule has 0 radical (unpaired) electrons. The minimum atomic E-state index is -4.83. The molecule has 2 atom stereocenters. The molecule has 0 aliphatic carbocycles. The first-order valence-corrected chi connectivity index (χ1v) is 11.8. The van der Waals surface area contributed by atoms with Crippen molar-refractivity contribution in [3.05, 3.63) is 88.4 Å². The molecule has 1 heterocycles. The zero-order valence-corrected chi connectivity index (χ0v) is 20.5. The van der Waals surface area contributed by atoms with Crippen molar-refractivity contribution in [3.8, 4) is 5.75 Å². The summed E-state index contributed by atoms with van der Waals surface area (Å²) in [5.74, 6) is -0.345. The van der Waals surface area contributed by atoms with Crippen molar-refractivity contribution in [2.75, 3.05) is 9.80 Å². The molecule has 1 fully saturated rings. The number of alkyl halides is 3. The van der Waals surface area contributed by atoms with E-state index >= 15 is 0 Å². The number of halogens is 5. The summed E-state index contributed by atoms with van der Waals surface area (Å²) in [5, 5.41) is 1.03. The van der Waals surface area contributed by atoms with Crippen LogP contribution in [0.2, 0.25) is 10.0 Å². The SMILES string of the molecule is CCC[C@@]1(C)[C@H](c2cccc(OC(F)(F)F)c2)N(c2ccc(Cl)cc2)C(=O)N1c1ccc(Cl)cc1. The fourth-order valence-electron chi connectivity index (χ4n) is 4.84. The maximum Gasteiger partial charge on any atom is 0.573 e. The van der Waals surface area contributed by atoms with E-state index in [0.717, 1.165) is 6.42 Å². The highest BCUT2D eigenvalue weighted by Gasteiger charge is 2.55. The van der Waals surface area contributed by atoms with Crippen molar-refractivity contribution in [1.29, 1.82) is 0 Å². The fourth-order valence-corrected chi connectivity index (χ4v) is 5.09. The van der Waals surface area contributed by atoms with E-state index in [9.17, 15) is 18.0 Å². The monoisotopic (exact) mass is 522 g/mol. The molecule has 4 nitrogen and oxygen atoms in total. The summed E-state index contributed by atoms with van der Waals surface area (Å²) in [5.41, 5.74) is 0.920. The number of amides is 2. The molecule has 184 valence electrons. The molecule has 1 saturated heterocycles. The van der Waals surface area contributed by atoms with Gasteiger partial charge in [-0.1, -0.05) is 48.7 Å². The summed E-state index contributed by atoms with van der Waals surface area (Å²) >= 11 is 12.2. The van der Waals surface area contributed by atoms with Crippen LogP contribution in [0.1, 0.15) is 38.3 Å². The number of urea groups is 1. The third-order valence-electron chi connectivity index (χ3n) is 6.11. The van der Waals surface area contributed by atoms with Crippen molar-refractivity contribution in [1.82, 2.24) is 0 Å². The number of nitrogens with zero attached hydrogens (tertiary/aromatic N) is 2. The maximum atomic E-state index is 14.0. The van der Waals surface area contributed by atoms with Gasteiger partial charge in [0, 0.05) is 21.4 Å². The van der Waals surface area contributed by atoms with Crippen LogP contribution in [0.15, 0.2) is 72.8 Å². The number of ether oxygens (including phenoxy) is 1. The summed E-state index contributed by atoms with van der Waals surface area (Å²) in [4.78, 5) is 17.3. The van der Waals surface area contributed by atoms with Crippen LogP contribution in [-0.2, 0) is 0 Å². The average molecular weight is 523 g/mol. The molecule has 9 heteroatoms. The number of carbonyl (C=O) groups excluding carboxylic acids is 1. The molecule has 3 aromatic rings. The zero-order valence-electron chi connectivity index (χ0n) is 19.0. The molecular weight excluding hydrogens is 500 g/mol. The lowest BCUT2D eigenvalue weighted by Gasteiger charge is -2.39. The topological polar surface area (TPSA) is 32.8 Å². The Bertz CT molecular complexity index is 1200. The van der Waals surface area contributed by atoms with E-state index in [1.807, 2.05) is 13.8 Å². The van der Waals surface area contributed by atoms with Gasteiger partial charge >= 0.3 is 12.4 Å². The molecule has 35 heavy (non-hydrogen) atoms. The van der Waals surface area contributed by atoms with Gasteiger partial charge in [-0.05, 0) is 79.6 Å². The summed E-state index contributed by atoms with van der Waals surface area (Å²) < 4.78 is 43.1. The Balaban J connectivity index is 1.91. The van der Waals surface area contributed by atoms with Crippen molar-refractivity contribution in [2.45, 2.75) is 44.6 Å². The molecule has 0 spiro atoms. The molecule has 0 aromatic heterocycles. The molecule has 4 rings (SSSR count). The molecule has 0 unspecified atom stereocenters. The van der Waals surface area contributed by atoms with E-state index < -0.39 is 17.9 Å². The average Bonchev–Trinajstić information content (AvgIpc) is 3.01. The van der Waals surface area contributed by atoms with Crippen molar-refractivity contribution in [3.63, 3.8) is 0 Å². The largest absolute Gasteiger partial charge is 0.573 e. The molecule has 0 N–H and O–H groups in total. The molecule has 0 saturated carbocycles. The summed E-state index contributed by atoms with van der Waals surface area (Å²) in [7, 11) is 0. The number of anilines is 2. The quantitative estimate of drug-likeness (QED) is 0.324. The fraction of sp³-hybridized carbons (Fsp3) is 0.269. The van der Waals surface area contributed by atoms with Crippen molar-refractivity contribution >= 4 is 40.6 Å². The third-order valence-corrected chi connectivity index (χ3v) is 6.61. The number of hydrogen-bond donors (Lipinski definition) is 0. The molecular formula is C26H23Cl2F3N2O2. The van der Waals surface area contributed by atoms with Gasteiger partial charge in [-0.15, -0.1) is 13.2 Å². The number of carbonyl (C=O) groups is 1. The van der Waals surface area contributed by atoms with Crippen LogP contribution in [-0.4, -0.2) is 17.9 Å². The van der Waals surface area contributed by atoms with Crippen LogP contribution in [0.4, 0.5) is 29.3 Å². The van der Waals surface area contributed by atoms with Gasteiger partial charge in [-0.3, -0.25) is 9.80 Å². The van der Waals surface area contributed by atoms with Crippen LogP contribution in [0, 0.1) is 0 Å². The van der Waals surface area contributed by atoms with Gasteiger partial charge in [0.25, 0.3) is 0 Å². The van der Waals surface area contributed by atoms with Crippen LogP contribution in [0.3, 0.4) is 0 Å². The highest BCUT2D eigenvalue weighted by atomic mass is 35.5. The van der Waals surface area contributed by atoms with E-state index in [4.69, 9.17) is 23.2 Å². The van der Waals surface area contributed by atoms with E-state index in [1.54, 1.807) is 64.4 Å². The smallest absolute Gasteiger partial charge is 0.406 e. The lowest BCUT2D eigenvalue weighted by molar-refractivity contribution is -0.274. The van der Waals surface area contributed by atoms with Crippen LogP contribution >= 0.6 is 23.2 Å². The lowest BCUT2D eigenvalue weighted by Crippen LogP contribution is -2.46. The molecule has 2 amide bonds. The first-order valence-electron chi connectivity index (χ1n) is 11.0. The number of rotatable bonds is 6. The summed E-state index contributed by atoms with van der Waals surface area (Å²) in [6.07, 6.45) is -3.51. The highest BCUT2D eigenvalue weighted by molar-refractivity contribution is 6.31. The highest BCUT2D eigenvalue weighted by Crippen LogP contribution is 2.50. The van der Waals surface area contributed by atoms with E-state index in [-0.39, 0.29) is 11.8 Å². The lowest BCUT2D eigenvalue weighted by atomic mass is 9.82. The molecule has 1 aliphatic heterocycles. The van der Waals surface area contributed by atoms with E-state index in [1.165, 1.54) is 18.2 Å². The van der Waals surface area contributed by atoms with Crippen LogP contribution in [0.5, 0.6) is 5.75 Å². The predicted molar refractivity (Wildman–Crippen MR) is 132 cm³/mol. The minimum Gasteiger partial charge on any atom is -0.406 e. The minimum absolute atomic E-state index is 0.308. The van der Waals surface area contributed by atoms with Crippen molar-refractivity contribution < 1.29 is 22.7 Å². The Morgan fingerprint density at radius 1 is 0.943 bits per heavy atom. The van der Waals surface area contributed by atoms with Gasteiger partial charge < -0.3 is 4.74 Å². The predicted octanol–water partition coefficient (Wildman–Crippen LogP) is 8.64. The Hall–Kier alpha value is -2.90. The second kappa shape index (κ2) is 9.63. The molecule has 3 aromatic carbocycles. The van der Waals surface area contributed by atoms with Gasteiger partial charge in [-0.2, -0.15) is 0 Å². The first kappa shape index (κ1) is 25.2. The summed E-state index contributed by atoms with van der Waals surface area (Å²) in [6.45, 7) is 3.95. The first-order chi connectivity index (χ1) is 16.5. The summed E-state index contributed by atoms with van der Waals surface area (Å²) in [6, 6.07) is 18.6. The van der Waals surface area contributed by atoms with Gasteiger partial charge in [0.15, 0.2) is 0 Å². The van der Waals surface area contributed by atoms with Crippen molar-refractivity contribution in [2.24, 2.45) is 0 Å². The van der Waals surface area contributed by atoms with Gasteiger partial charge in [0.1, 0.15) is 5.75 Å². The molecule has 0 bridgehead atoms. The number of benzene rings is 3. The normalized spacial score (nSPS) is 20.4. The second-order valence-electron chi connectivity index (χ2n) is 8.57. The van der Waals surface area contributed by atoms with Gasteiger partial charge in [-0.25, -0.2) is 4.79 Å². The molecule has 1 aliphatic rings. The maximum absolute atomic E-state index is 14.0. The second-order valence-corrected chi connectivity index (χ2v) is 9.44. The Morgan fingerprint density at radius 2 is 1.51 bits per heavy atom. The van der Waals surface area contributed by atoms with E-state index in [2.05, 4.69) is 4.74 Å². The zero-order chi connectivity index (χ0) is 25.4. The Labute approximate surface area is 211 Å². The van der Waals surface area contributed by atoms with Crippen LogP contribution in [0.25, 0.3) is 0 Å². The van der Waals surface area contributed by atoms with Crippen LogP contribution < -0.4 is 14.5 Å². The van der Waals surface area contributed by atoms with Gasteiger partial charge in [0.05, 0.1) is 11.6 Å². The van der Waals surface area contributed by atoms with Gasteiger partial charge in [0.2, 0.25) is 0 Å².